The third-order valence-electron chi connectivity index (χ3n) is 4.47. The van der Waals surface area contributed by atoms with Crippen LogP contribution in [0.5, 0.6) is 5.75 Å². The van der Waals surface area contributed by atoms with Gasteiger partial charge in [-0.1, -0.05) is 30.3 Å². The molecule has 28 heavy (non-hydrogen) atoms. The highest BCUT2D eigenvalue weighted by Crippen LogP contribution is 2.29. The van der Waals surface area contributed by atoms with Crippen molar-refractivity contribution >= 4 is 18.0 Å². The van der Waals surface area contributed by atoms with E-state index in [9.17, 15) is 14.0 Å². The Kier molecular flexibility index (Phi) is 6.42. The SMILES string of the molecule is COc1ccc(/C=C/C(=O)OCC(=O)N(Cc2ccccc2F)C2CC2)cc1. The van der Waals surface area contributed by atoms with Gasteiger partial charge in [-0.2, -0.15) is 0 Å². The van der Waals surface area contributed by atoms with Crippen molar-refractivity contribution in [2.45, 2.75) is 25.4 Å². The second kappa shape index (κ2) is 9.17. The Morgan fingerprint density at radius 3 is 2.50 bits per heavy atom. The lowest BCUT2D eigenvalue weighted by Crippen LogP contribution is -2.36. The fourth-order valence-electron chi connectivity index (χ4n) is 2.76. The molecule has 3 rings (SSSR count). The Bertz CT molecular complexity index is 859. The number of nitrogens with zero attached hydrogens (tertiary/aromatic N) is 1. The van der Waals surface area contributed by atoms with E-state index in [0.29, 0.717) is 5.56 Å². The van der Waals surface area contributed by atoms with Gasteiger partial charge >= 0.3 is 5.97 Å². The molecule has 6 heteroatoms. The van der Waals surface area contributed by atoms with Gasteiger partial charge in [-0.05, 0) is 42.7 Å². The largest absolute Gasteiger partial charge is 0.497 e. The zero-order valence-corrected chi connectivity index (χ0v) is 15.6. The maximum Gasteiger partial charge on any atom is 0.331 e. The highest BCUT2D eigenvalue weighted by molar-refractivity contribution is 5.89. The third-order valence-corrected chi connectivity index (χ3v) is 4.47. The molecule has 0 heterocycles. The lowest BCUT2D eigenvalue weighted by Gasteiger charge is -2.22. The summed E-state index contributed by atoms with van der Waals surface area (Å²) in [6.45, 7) is -0.188. The van der Waals surface area contributed by atoms with E-state index in [1.807, 2.05) is 0 Å². The number of ether oxygens (including phenoxy) is 2. The van der Waals surface area contributed by atoms with Crippen molar-refractivity contribution in [3.8, 4) is 5.75 Å². The lowest BCUT2D eigenvalue weighted by atomic mass is 10.2. The maximum atomic E-state index is 13.9. The first kappa shape index (κ1) is 19.6. The van der Waals surface area contributed by atoms with Crippen molar-refractivity contribution in [1.82, 2.24) is 4.90 Å². The van der Waals surface area contributed by atoms with Crippen molar-refractivity contribution in [3.63, 3.8) is 0 Å². The van der Waals surface area contributed by atoms with Gasteiger partial charge in [-0.25, -0.2) is 9.18 Å². The number of carbonyl (C=O) groups excluding carboxylic acids is 2. The van der Waals surface area contributed by atoms with Gasteiger partial charge in [0, 0.05) is 24.2 Å². The van der Waals surface area contributed by atoms with E-state index in [0.717, 1.165) is 24.2 Å². The van der Waals surface area contributed by atoms with Crippen LogP contribution < -0.4 is 4.74 Å². The van der Waals surface area contributed by atoms with E-state index in [1.165, 1.54) is 12.1 Å². The summed E-state index contributed by atoms with van der Waals surface area (Å²) < 4.78 is 24.0. The molecule has 0 radical (unpaired) electrons. The van der Waals surface area contributed by atoms with E-state index < -0.39 is 5.97 Å². The van der Waals surface area contributed by atoms with Crippen LogP contribution in [0.3, 0.4) is 0 Å². The Labute approximate surface area is 163 Å². The molecule has 2 aromatic rings. The van der Waals surface area contributed by atoms with Crippen molar-refractivity contribution < 1.29 is 23.5 Å². The predicted molar refractivity (Wildman–Crippen MR) is 103 cm³/mol. The number of hydrogen-bond acceptors (Lipinski definition) is 4. The normalized spacial score (nSPS) is 13.4. The van der Waals surface area contributed by atoms with Crippen molar-refractivity contribution in [2.75, 3.05) is 13.7 Å². The molecule has 0 bridgehead atoms. The minimum atomic E-state index is -0.606. The number of carbonyl (C=O) groups is 2. The number of esters is 1. The molecular formula is C22H22FNO4. The molecule has 0 spiro atoms. The van der Waals surface area contributed by atoms with E-state index in [-0.39, 0.29) is 30.9 Å². The van der Waals surface area contributed by atoms with Crippen molar-refractivity contribution in [2.24, 2.45) is 0 Å². The summed E-state index contributed by atoms with van der Waals surface area (Å²) in [5, 5.41) is 0. The highest BCUT2D eigenvalue weighted by atomic mass is 19.1. The zero-order valence-electron chi connectivity index (χ0n) is 15.6. The number of hydrogen-bond donors (Lipinski definition) is 0. The van der Waals surface area contributed by atoms with Crippen LogP contribution in [0.1, 0.15) is 24.0 Å². The molecule has 146 valence electrons. The van der Waals surface area contributed by atoms with E-state index in [2.05, 4.69) is 0 Å². The number of rotatable bonds is 8. The van der Waals surface area contributed by atoms with Gasteiger partial charge in [0.2, 0.25) is 0 Å². The van der Waals surface area contributed by atoms with Gasteiger partial charge in [0.05, 0.1) is 7.11 Å². The summed E-state index contributed by atoms with van der Waals surface area (Å²) >= 11 is 0. The second-order valence-corrected chi connectivity index (χ2v) is 6.56. The van der Waals surface area contributed by atoms with Crippen LogP contribution in [-0.2, 0) is 20.9 Å². The van der Waals surface area contributed by atoms with Gasteiger partial charge in [-0.3, -0.25) is 4.79 Å². The highest BCUT2D eigenvalue weighted by Gasteiger charge is 2.33. The fourth-order valence-corrected chi connectivity index (χ4v) is 2.76. The summed E-state index contributed by atoms with van der Waals surface area (Å²) in [6.07, 6.45) is 4.63. The van der Waals surface area contributed by atoms with Gasteiger partial charge in [-0.15, -0.1) is 0 Å². The van der Waals surface area contributed by atoms with Gasteiger partial charge in [0.15, 0.2) is 6.61 Å². The smallest absolute Gasteiger partial charge is 0.331 e. The van der Waals surface area contributed by atoms with Gasteiger partial charge in [0.25, 0.3) is 5.91 Å². The van der Waals surface area contributed by atoms with Gasteiger partial charge in [0.1, 0.15) is 11.6 Å². The standard InChI is InChI=1S/C22H22FNO4/c1-27-19-11-6-16(7-12-19)8-13-22(26)28-15-21(25)24(18-9-10-18)14-17-4-2-3-5-20(17)23/h2-8,11-13,18H,9-10,14-15H2,1H3/b13-8+. The van der Waals surface area contributed by atoms with E-state index in [4.69, 9.17) is 9.47 Å². The summed E-state index contributed by atoms with van der Waals surface area (Å²) in [6, 6.07) is 13.6. The van der Waals surface area contributed by atoms with Crippen LogP contribution in [0.2, 0.25) is 0 Å². The van der Waals surface area contributed by atoms with Crippen LogP contribution in [-0.4, -0.2) is 36.5 Å². The van der Waals surface area contributed by atoms with E-state index in [1.54, 1.807) is 60.6 Å². The summed E-state index contributed by atoms with van der Waals surface area (Å²) in [5.41, 5.74) is 1.26. The molecule has 1 amide bonds. The predicted octanol–water partition coefficient (Wildman–Crippen LogP) is 3.58. The number of halogens is 1. The molecule has 1 fully saturated rings. The molecule has 2 aromatic carbocycles. The molecule has 0 N–H and O–H groups in total. The first-order chi connectivity index (χ1) is 13.6. The Morgan fingerprint density at radius 2 is 1.86 bits per heavy atom. The summed E-state index contributed by atoms with van der Waals surface area (Å²) in [4.78, 5) is 26.0. The molecule has 0 unspecified atom stereocenters. The van der Waals surface area contributed by atoms with Crippen LogP contribution >= 0.6 is 0 Å². The molecule has 0 aliphatic heterocycles. The fraction of sp³-hybridized carbons (Fsp3) is 0.273. The third kappa shape index (κ3) is 5.42. The number of benzene rings is 2. The molecule has 1 aliphatic rings. The molecule has 5 nitrogen and oxygen atoms in total. The number of methoxy groups -OCH3 is 1. The van der Waals surface area contributed by atoms with Crippen molar-refractivity contribution in [3.05, 3.63) is 71.6 Å². The first-order valence-electron chi connectivity index (χ1n) is 9.08. The van der Waals surface area contributed by atoms with Crippen LogP contribution in [0.15, 0.2) is 54.6 Å². The van der Waals surface area contributed by atoms with Gasteiger partial charge < -0.3 is 14.4 Å². The Morgan fingerprint density at radius 1 is 1.14 bits per heavy atom. The number of amides is 1. The van der Waals surface area contributed by atoms with Crippen molar-refractivity contribution in [1.29, 1.82) is 0 Å². The Hall–Kier alpha value is -3.15. The molecule has 1 aliphatic carbocycles. The van der Waals surface area contributed by atoms with E-state index >= 15 is 0 Å². The molecular weight excluding hydrogens is 361 g/mol. The van der Waals surface area contributed by atoms with Crippen LogP contribution in [0.25, 0.3) is 6.08 Å². The topological polar surface area (TPSA) is 55.8 Å². The zero-order chi connectivity index (χ0) is 19.9. The monoisotopic (exact) mass is 383 g/mol. The Balaban J connectivity index is 1.53. The molecule has 1 saturated carbocycles. The molecule has 0 aromatic heterocycles. The average Bonchev–Trinajstić information content (AvgIpc) is 3.55. The second-order valence-electron chi connectivity index (χ2n) is 6.56. The lowest BCUT2D eigenvalue weighted by molar-refractivity contribution is -0.148. The average molecular weight is 383 g/mol. The van der Waals surface area contributed by atoms with Crippen LogP contribution in [0, 0.1) is 5.82 Å². The van der Waals surface area contributed by atoms with Crippen LogP contribution in [0.4, 0.5) is 4.39 Å². The quantitative estimate of drug-likeness (QED) is 0.516. The summed E-state index contributed by atoms with van der Waals surface area (Å²) in [5.74, 6) is -0.552. The molecule has 0 atom stereocenters. The first-order valence-corrected chi connectivity index (χ1v) is 9.08. The molecule has 0 saturated heterocycles. The summed E-state index contributed by atoms with van der Waals surface area (Å²) in [7, 11) is 1.58. The maximum absolute atomic E-state index is 13.9. The minimum absolute atomic E-state index is 0.0839. The minimum Gasteiger partial charge on any atom is -0.497 e.